The van der Waals surface area contributed by atoms with Crippen LogP contribution in [0.15, 0.2) is 103 Å². The molecule has 0 amide bonds. The molecule has 0 unspecified atom stereocenters. The zero-order valence-electron chi connectivity index (χ0n) is 18.7. The molecule has 0 aliphatic rings. The molecule has 0 atom stereocenters. The second-order valence-corrected chi connectivity index (χ2v) is 8.36. The molecule has 1 heterocycles. The third kappa shape index (κ3) is 3.65. The lowest BCUT2D eigenvalue weighted by Gasteiger charge is -2.16. The number of hydrogen-bond acceptors (Lipinski definition) is 1. The lowest BCUT2D eigenvalue weighted by atomic mass is 10.0. The SMILES string of the molecule is Cc1ccc(-c2nc(-c3ccccc3)c(-c3ccccc3)n2-c2ccc(C)cc2C)cc1. The van der Waals surface area contributed by atoms with E-state index in [9.17, 15) is 0 Å². The van der Waals surface area contributed by atoms with Gasteiger partial charge in [-0.3, -0.25) is 4.57 Å². The third-order valence-electron chi connectivity index (χ3n) is 5.87. The fraction of sp³-hybridized carbons (Fsp3) is 0.100. The molecule has 0 aliphatic heterocycles. The van der Waals surface area contributed by atoms with E-state index in [1.807, 2.05) is 6.07 Å². The van der Waals surface area contributed by atoms with E-state index in [1.54, 1.807) is 0 Å². The Morgan fingerprint density at radius 1 is 0.562 bits per heavy atom. The number of rotatable bonds is 4. The molecule has 0 aliphatic carbocycles. The molecular formula is C30H26N2. The van der Waals surface area contributed by atoms with Crippen molar-refractivity contribution in [3.63, 3.8) is 0 Å². The topological polar surface area (TPSA) is 17.8 Å². The van der Waals surface area contributed by atoms with E-state index < -0.39 is 0 Å². The van der Waals surface area contributed by atoms with Gasteiger partial charge < -0.3 is 0 Å². The molecule has 32 heavy (non-hydrogen) atoms. The molecule has 0 spiro atoms. The van der Waals surface area contributed by atoms with Gasteiger partial charge in [0.25, 0.3) is 0 Å². The van der Waals surface area contributed by atoms with E-state index in [2.05, 4.69) is 122 Å². The molecule has 0 saturated carbocycles. The highest BCUT2D eigenvalue weighted by Crippen LogP contribution is 2.39. The Hall–Kier alpha value is -3.91. The summed E-state index contributed by atoms with van der Waals surface area (Å²) in [5, 5.41) is 0. The smallest absolute Gasteiger partial charge is 0.145 e. The van der Waals surface area contributed by atoms with Crippen molar-refractivity contribution in [3.8, 4) is 39.6 Å². The first kappa shape index (κ1) is 20.0. The van der Waals surface area contributed by atoms with Crippen molar-refractivity contribution < 1.29 is 0 Å². The first-order valence-electron chi connectivity index (χ1n) is 11.0. The maximum Gasteiger partial charge on any atom is 0.145 e. The molecule has 156 valence electrons. The van der Waals surface area contributed by atoms with Crippen molar-refractivity contribution in [3.05, 3.63) is 120 Å². The highest BCUT2D eigenvalue weighted by molar-refractivity contribution is 5.84. The number of aromatic nitrogens is 2. The summed E-state index contributed by atoms with van der Waals surface area (Å²) in [4.78, 5) is 5.26. The normalized spacial score (nSPS) is 11.0. The van der Waals surface area contributed by atoms with Crippen molar-refractivity contribution in [2.24, 2.45) is 0 Å². The molecule has 0 radical (unpaired) electrons. The van der Waals surface area contributed by atoms with E-state index in [4.69, 9.17) is 4.98 Å². The van der Waals surface area contributed by atoms with Crippen LogP contribution in [0.25, 0.3) is 39.6 Å². The molecule has 0 bridgehead atoms. The van der Waals surface area contributed by atoms with Gasteiger partial charge >= 0.3 is 0 Å². The molecular weight excluding hydrogens is 388 g/mol. The third-order valence-corrected chi connectivity index (χ3v) is 5.87. The number of nitrogens with zero attached hydrogens (tertiary/aromatic N) is 2. The van der Waals surface area contributed by atoms with Crippen LogP contribution in [0.2, 0.25) is 0 Å². The Morgan fingerprint density at radius 3 is 1.78 bits per heavy atom. The monoisotopic (exact) mass is 414 g/mol. The minimum Gasteiger partial charge on any atom is -0.291 e. The molecule has 0 N–H and O–H groups in total. The average Bonchev–Trinajstić information content (AvgIpc) is 3.21. The fourth-order valence-electron chi connectivity index (χ4n) is 4.27. The molecule has 2 nitrogen and oxygen atoms in total. The van der Waals surface area contributed by atoms with Gasteiger partial charge in [-0.25, -0.2) is 4.98 Å². The van der Waals surface area contributed by atoms with E-state index in [-0.39, 0.29) is 0 Å². The van der Waals surface area contributed by atoms with Gasteiger partial charge in [0.2, 0.25) is 0 Å². The van der Waals surface area contributed by atoms with Gasteiger partial charge in [-0.05, 0) is 32.4 Å². The molecule has 1 aromatic heterocycles. The standard InChI is InChI=1S/C30H26N2/c1-21-14-17-26(18-15-21)30-31-28(24-10-6-4-7-11-24)29(25-12-8-5-9-13-25)32(30)27-19-16-22(2)20-23(27)3/h4-20H,1-3H3. The van der Waals surface area contributed by atoms with Crippen molar-refractivity contribution in [1.82, 2.24) is 9.55 Å². The van der Waals surface area contributed by atoms with Crippen LogP contribution in [0.1, 0.15) is 16.7 Å². The average molecular weight is 415 g/mol. The van der Waals surface area contributed by atoms with Gasteiger partial charge in [-0.2, -0.15) is 0 Å². The second-order valence-electron chi connectivity index (χ2n) is 8.36. The summed E-state index contributed by atoms with van der Waals surface area (Å²) in [6.45, 7) is 6.43. The summed E-state index contributed by atoms with van der Waals surface area (Å²) in [6.07, 6.45) is 0. The molecule has 5 rings (SSSR count). The van der Waals surface area contributed by atoms with Gasteiger partial charge in [0.1, 0.15) is 5.82 Å². The van der Waals surface area contributed by atoms with E-state index in [1.165, 1.54) is 16.7 Å². The first-order chi connectivity index (χ1) is 15.6. The van der Waals surface area contributed by atoms with Crippen LogP contribution < -0.4 is 0 Å². The Morgan fingerprint density at radius 2 is 1.16 bits per heavy atom. The summed E-state index contributed by atoms with van der Waals surface area (Å²) >= 11 is 0. The largest absolute Gasteiger partial charge is 0.291 e. The van der Waals surface area contributed by atoms with Crippen LogP contribution >= 0.6 is 0 Å². The predicted molar refractivity (Wildman–Crippen MR) is 134 cm³/mol. The van der Waals surface area contributed by atoms with Crippen LogP contribution in [-0.2, 0) is 0 Å². The zero-order chi connectivity index (χ0) is 22.1. The Kier molecular flexibility index (Phi) is 5.20. The molecule has 0 saturated heterocycles. The van der Waals surface area contributed by atoms with Crippen LogP contribution in [0, 0.1) is 20.8 Å². The molecule has 2 heteroatoms. The lowest BCUT2D eigenvalue weighted by Crippen LogP contribution is -2.03. The molecule has 4 aromatic carbocycles. The van der Waals surface area contributed by atoms with E-state index in [0.717, 1.165) is 39.6 Å². The fourth-order valence-corrected chi connectivity index (χ4v) is 4.27. The summed E-state index contributed by atoms with van der Waals surface area (Å²) in [5.41, 5.74) is 10.4. The predicted octanol–water partition coefficient (Wildman–Crippen LogP) is 7.80. The molecule has 5 aromatic rings. The van der Waals surface area contributed by atoms with Crippen molar-refractivity contribution in [2.75, 3.05) is 0 Å². The van der Waals surface area contributed by atoms with Gasteiger partial charge in [0.15, 0.2) is 0 Å². The van der Waals surface area contributed by atoms with E-state index >= 15 is 0 Å². The first-order valence-corrected chi connectivity index (χ1v) is 11.0. The Balaban J connectivity index is 1.90. The Labute approximate surface area is 189 Å². The van der Waals surface area contributed by atoms with Gasteiger partial charge in [-0.15, -0.1) is 0 Å². The highest BCUT2D eigenvalue weighted by Gasteiger charge is 2.23. The second kappa shape index (κ2) is 8.32. The number of aryl methyl sites for hydroxylation is 3. The number of benzene rings is 4. The van der Waals surface area contributed by atoms with Gasteiger partial charge in [0, 0.05) is 16.7 Å². The van der Waals surface area contributed by atoms with Crippen LogP contribution in [0.5, 0.6) is 0 Å². The summed E-state index contributed by atoms with van der Waals surface area (Å²) < 4.78 is 2.33. The summed E-state index contributed by atoms with van der Waals surface area (Å²) in [5.74, 6) is 0.953. The van der Waals surface area contributed by atoms with Crippen LogP contribution in [-0.4, -0.2) is 9.55 Å². The lowest BCUT2D eigenvalue weighted by molar-refractivity contribution is 1.05. The van der Waals surface area contributed by atoms with Gasteiger partial charge in [-0.1, -0.05) is 108 Å². The quantitative estimate of drug-likeness (QED) is 0.293. The van der Waals surface area contributed by atoms with Crippen molar-refractivity contribution in [1.29, 1.82) is 0 Å². The maximum absolute atomic E-state index is 5.26. The van der Waals surface area contributed by atoms with Gasteiger partial charge in [0.05, 0.1) is 17.1 Å². The number of imidazole rings is 1. The zero-order valence-corrected chi connectivity index (χ0v) is 18.7. The minimum absolute atomic E-state index is 0.953. The number of hydrogen-bond donors (Lipinski definition) is 0. The molecule has 0 fully saturated rings. The maximum atomic E-state index is 5.26. The summed E-state index contributed by atoms with van der Waals surface area (Å²) in [7, 11) is 0. The Bertz CT molecular complexity index is 1360. The van der Waals surface area contributed by atoms with Crippen LogP contribution in [0.3, 0.4) is 0 Å². The van der Waals surface area contributed by atoms with Crippen LogP contribution in [0.4, 0.5) is 0 Å². The van der Waals surface area contributed by atoms with Crippen molar-refractivity contribution >= 4 is 0 Å². The van der Waals surface area contributed by atoms with Crippen molar-refractivity contribution in [2.45, 2.75) is 20.8 Å². The summed E-state index contributed by atoms with van der Waals surface area (Å²) in [6, 6.07) is 36.3. The minimum atomic E-state index is 0.953. The van der Waals surface area contributed by atoms with E-state index in [0.29, 0.717) is 0 Å². The highest BCUT2D eigenvalue weighted by atomic mass is 15.1.